The number of aromatic nitrogens is 1. The van der Waals surface area contributed by atoms with E-state index in [-0.39, 0.29) is 17.0 Å². The smallest absolute Gasteiger partial charge is 0.233 e. The van der Waals surface area contributed by atoms with Gasteiger partial charge in [-0.25, -0.2) is 9.37 Å². The minimum atomic E-state index is -0.152. The molecule has 140 valence electrons. The van der Waals surface area contributed by atoms with Gasteiger partial charge in [0.05, 0.1) is 16.0 Å². The van der Waals surface area contributed by atoms with Crippen LogP contribution in [0.4, 0.5) is 4.39 Å². The standard InChI is InChI=1S/C20H19FN2OS3/c21-15-6-2-1-5-14(15)17-9-10-23(11-12-25-17)19(24)13-26-20-22-16-7-3-4-8-18(16)27-20/h1-8,17H,9-13H2. The molecule has 2 heterocycles. The number of nitrogens with zero attached hydrogens (tertiary/aromatic N) is 2. The van der Waals surface area contributed by atoms with Gasteiger partial charge in [0.1, 0.15) is 5.82 Å². The number of halogens is 1. The van der Waals surface area contributed by atoms with Gasteiger partial charge < -0.3 is 4.90 Å². The minimum absolute atomic E-state index is 0.112. The Hall–Kier alpha value is -1.57. The zero-order chi connectivity index (χ0) is 18.6. The maximum absolute atomic E-state index is 14.1. The third kappa shape index (κ3) is 4.47. The summed E-state index contributed by atoms with van der Waals surface area (Å²) in [5.74, 6) is 1.21. The van der Waals surface area contributed by atoms with Crippen molar-refractivity contribution >= 4 is 51.0 Å². The van der Waals surface area contributed by atoms with E-state index < -0.39 is 0 Å². The molecule has 0 saturated carbocycles. The molecule has 0 N–H and O–H groups in total. The highest BCUT2D eigenvalue weighted by Gasteiger charge is 2.23. The predicted molar refractivity (Wildman–Crippen MR) is 113 cm³/mol. The Morgan fingerprint density at radius 2 is 2.00 bits per heavy atom. The summed E-state index contributed by atoms with van der Waals surface area (Å²) >= 11 is 4.87. The van der Waals surface area contributed by atoms with Gasteiger partial charge in [-0.1, -0.05) is 42.1 Å². The van der Waals surface area contributed by atoms with Crippen LogP contribution in [0.15, 0.2) is 52.9 Å². The average molecular weight is 419 g/mol. The highest BCUT2D eigenvalue weighted by atomic mass is 32.2. The molecule has 0 radical (unpaired) electrons. The summed E-state index contributed by atoms with van der Waals surface area (Å²) in [7, 11) is 0. The summed E-state index contributed by atoms with van der Waals surface area (Å²) < 4.78 is 16.1. The lowest BCUT2D eigenvalue weighted by molar-refractivity contribution is -0.128. The van der Waals surface area contributed by atoms with Gasteiger partial charge in [0.15, 0.2) is 4.34 Å². The number of rotatable bonds is 4. The number of thiazole rings is 1. The molecule has 1 aromatic heterocycles. The summed E-state index contributed by atoms with van der Waals surface area (Å²) in [6.07, 6.45) is 0.781. The molecule has 3 aromatic rings. The quantitative estimate of drug-likeness (QED) is 0.543. The van der Waals surface area contributed by atoms with E-state index in [0.717, 1.165) is 38.8 Å². The molecule has 0 bridgehead atoms. The fraction of sp³-hybridized carbons (Fsp3) is 0.300. The highest BCUT2D eigenvalue weighted by Crippen LogP contribution is 2.36. The number of carbonyl (C=O) groups is 1. The van der Waals surface area contributed by atoms with E-state index in [2.05, 4.69) is 4.98 Å². The molecule has 4 rings (SSSR count). The van der Waals surface area contributed by atoms with E-state index in [4.69, 9.17) is 0 Å². The molecule has 0 aliphatic carbocycles. The van der Waals surface area contributed by atoms with Crippen LogP contribution < -0.4 is 0 Å². The van der Waals surface area contributed by atoms with E-state index >= 15 is 0 Å². The van der Waals surface area contributed by atoms with Crippen molar-refractivity contribution in [1.82, 2.24) is 9.88 Å². The number of hydrogen-bond donors (Lipinski definition) is 0. The first kappa shape index (κ1) is 18.8. The molecule has 27 heavy (non-hydrogen) atoms. The van der Waals surface area contributed by atoms with Crippen molar-refractivity contribution in [2.45, 2.75) is 16.0 Å². The lowest BCUT2D eigenvalue weighted by Crippen LogP contribution is -2.34. The van der Waals surface area contributed by atoms with Gasteiger partial charge in [0, 0.05) is 29.7 Å². The van der Waals surface area contributed by atoms with Crippen LogP contribution in [0.3, 0.4) is 0 Å². The van der Waals surface area contributed by atoms with Crippen LogP contribution in [0.2, 0.25) is 0 Å². The molecule has 1 fully saturated rings. The van der Waals surface area contributed by atoms with Gasteiger partial charge in [0.25, 0.3) is 0 Å². The first-order valence-electron chi connectivity index (χ1n) is 8.83. The van der Waals surface area contributed by atoms with Crippen LogP contribution in [0.1, 0.15) is 17.2 Å². The molecule has 1 saturated heterocycles. The van der Waals surface area contributed by atoms with Crippen molar-refractivity contribution in [3.8, 4) is 0 Å². The van der Waals surface area contributed by atoms with Crippen molar-refractivity contribution < 1.29 is 9.18 Å². The minimum Gasteiger partial charge on any atom is -0.341 e. The Balaban J connectivity index is 1.34. The molecule has 1 unspecified atom stereocenters. The average Bonchev–Trinajstić information content (AvgIpc) is 2.94. The number of para-hydroxylation sites is 1. The SMILES string of the molecule is O=C(CSc1nc2ccccc2s1)N1CCSC(c2ccccc2F)CC1. The lowest BCUT2D eigenvalue weighted by atomic mass is 10.1. The molecule has 3 nitrogen and oxygen atoms in total. The molecule has 2 aromatic carbocycles. The van der Waals surface area contributed by atoms with Gasteiger partial charge in [-0.15, -0.1) is 11.3 Å². The van der Waals surface area contributed by atoms with Crippen molar-refractivity contribution in [2.24, 2.45) is 0 Å². The number of amides is 1. The summed E-state index contributed by atoms with van der Waals surface area (Å²) in [4.78, 5) is 19.1. The van der Waals surface area contributed by atoms with E-state index in [9.17, 15) is 9.18 Å². The van der Waals surface area contributed by atoms with Crippen molar-refractivity contribution in [2.75, 3.05) is 24.6 Å². The number of thioether (sulfide) groups is 2. The van der Waals surface area contributed by atoms with Crippen LogP contribution >= 0.6 is 34.9 Å². The normalized spacial score (nSPS) is 17.8. The summed E-state index contributed by atoms with van der Waals surface area (Å²) in [6, 6.07) is 15.0. The number of carbonyl (C=O) groups excluding carboxylic acids is 1. The van der Waals surface area contributed by atoms with Crippen molar-refractivity contribution in [3.05, 3.63) is 59.9 Å². The second-order valence-electron chi connectivity index (χ2n) is 6.29. The van der Waals surface area contributed by atoms with Crippen LogP contribution in [-0.2, 0) is 4.79 Å². The molecular formula is C20H19FN2OS3. The van der Waals surface area contributed by atoms with Crippen LogP contribution in [0, 0.1) is 5.82 Å². The first-order chi connectivity index (χ1) is 13.2. The fourth-order valence-electron chi connectivity index (χ4n) is 3.13. The monoisotopic (exact) mass is 418 g/mol. The molecule has 1 atom stereocenters. The third-order valence-electron chi connectivity index (χ3n) is 4.54. The predicted octanol–water partition coefficient (Wildman–Crippen LogP) is 5.23. The van der Waals surface area contributed by atoms with Crippen molar-refractivity contribution in [1.29, 1.82) is 0 Å². The molecule has 0 spiro atoms. The van der Waals surface area contributed by atoms with Gasteiger partial charge in [-0.05, 0) is 24.6 Å². The van der Waals surface area contributed by atoms with Gasteiger partial charge in [-0.2, -0.15) is 11.8 Å². The van der Waals surface area contributed by atoms with Crippen LogP contribution in [0.25, 0.3) is 10.2 Å². The van der Waals surface area contributed by atoms with Crippen molar-refractivity contribution in [3.63, 3.8) is 0 Å². The largest absolute Gasteiger partial charge is 0.341 e. The van der Waals surface area contributed by atoms with Crippen LogP contribution in [-0.4, -0.2) is 40.4 Å². The molecule has 1 amide bonds. The van der Waals surface area contributed by atoms with E-state index in [1.165, 1.54) is 17.8 Å². The Morgan fingerprint density at radius 1 is 1.19 bits per heavy atom. The molecule has 7 heteroatoms. The fourth-order valence-corrected chi connectivity index (χ4v) is 6.36. The Bertz CT molecular complexity index is 913. The van der Waals surface area contributed by atoms with E-state index in [0.29, 0.717) is 12.3 Å². The molecule has 1 aliphatic rings. The Labute approximate surface area is 170 Å². The highest BCUT2D eigenvalue weighted by molar-refractivity contribution is 8.01. The second-order valence-corrected chi connectivity index (χ2v) is 9.85. The maximum atomic E-state index is 14.1. The maximum Gasteiger partial charge on any atom is 0.233 e. The lowest BCUT2D eigenvalue weighted by Gasteiger charge is -2.20. The zero-order valence-corrected chi connectivity index (χ0v) is 17.1. The first-order valence-corrected chi connectivity index (χ1v) is 11.7. The van der Waals surface area contributed by atoms with Gasteiger partial charge in [-0.3, -0.25) is 4.79 Å². The third-order valence-corrected chi connectivity index (χ3v) is 8.01. The van der Waals surface area contributed by atoms with Gasteiger partial charge in [0.2, 0.25) is 5.91 Å². The Morgan fingerprint density at radius 3 is 2.85 bits per heavy atom. The number of fused-ring (bicyclic) bond motifs is 1. The Kier molecular flexibility index (Phi) is 6.00. The van der Waals surface area contributed by atoms with Crippen LogP contribution in [0.5, 0.6) is 0 Å². The van der Waals surface area contributed by atoms with E-state index in [1.807, 2.05) is 41.3 Å². The molecule has 1 aliphatic heterocycles. The summed E-state index contributed by atoms with van der Waals surface area (Å²) in [5, 5.41) is 0.112. The van der Waals surface area contributed by atoms with Gasteiger partial charge >= 0.3 is 0 Å². The zero-order valence-electron chi connectivity index (χ0n) is 14.6. The second kappa shape index (κ2) is 8.63. The summed E-state index contributed by atoms with van der Waals surface area (Å²) in [5.41, 5.74) is 1.73. The number of hydrogen-bond acceptors (Lipinski definition) is 5. The summed E-state index contributed by atoms with van der Waals surface area (Å²) in [6.45, 7) is 1.39. The topological polar surface area (TPSA) is 33.2 Å². The van der Waals surface area contributed by atoms with E-state index in [1.54, 1.807) is 29.2 Å². The molecular weight excluding hydrogens is 399 g/mol. The number of benzene rings is 2.